The molecule has 1 aromatic heterocycles. The summed E-state index contributed by atoms with van der Waals surface area (Å²) in [7, 11) is 2.59. The number of ether oxygens (including phenoxy) is 2. The molecule has 4 aliphatic rings. The number of hydrogen-bond donors (Lipinski definition) is 3. The van der Waals surface area contributed by atoms with Gasteiger partial charge < -0.3 is 34.9 Å². The molecule has 8 rings (SSSR count). The second kappa shape index (κ2) is 16.1. The van der Waals surface area contributed by atoms with Gasteiger partial charge in [-0.2, -0.15) is 0 Å². The van der Waals surface area contributed by atoms with Crippen molar-refractivity contribution in [3.63, 3.8) is 0 Å². The number of carbonyl (C=O) groups excluding carboxylic acids is 4. The van der Waals surface area contributed by atoms with Crippen LogP contribution in [0.15, 0.2) is 78.1 Å². The lowest BCUT2D eigenvalue weighted by molar-refractivity contribution is -0.136. The topological polar surface area (TPSA) is 158 Å². The number of nitrogens with zero attached hydrogens (tertiary/aromatic N) is 4. The molecule has 6 atom stereocenters. The van der Waals surface area contributed by atoms with Crippen molar-refractivity contribution >= 4 is 46.1 Å². The van der Waals surface area contributed by atoms with Crippen molar-refractivity contribution in [2.75, 3.05) is 20.8 Å². The van der Waals surface area contributed by atoms with E-state index in [4.69, 9.17) is 19.5 Å². The standard InChI is InChI=1S/C45H51N7O6/c1-25(2)39(50-45(56)58-5)43(54)51-18-6-7-38(51)41-47-24-37(49-41)32-15-14-30-19-29(12-13-31(30)20-32)27-8-10-28(11-9-27)34-22-36(46-23-34)40-33-16-17-35(21-33)52(40)42(53)26(3)48-44(55)57-4/h8-15,19-20,23-26,33,35,38-40H,6-7,16-18,21-22H2,1-5H3,(H,47,49)(H,48,55)(H,50,56)/t26-,33-,35+,38-,39-,40-/m0/s1. The molecule has 13 heteroatoms. The highest BCUT2D eigenvalue weighted by Crippen LogP contribution is 2.45. The van der Waals surface area contributed by atoms with Crippen LogP contribution in [-0.2, 0) is 19.1 Å². The van der Waals surface area contributed by atoms with Gasteiger partial charge in [-0.3, -0.25) is 14.6 Å². The Morgan fingerprint density at radius 1 is 0.810 bits per heavy atom. The zero-order valence-corrected chi connectivity index (χ0v) is 33.7. The number of likely N-dealkylation sites (tertiary alicyclic amines) is 2. The number of aromatic amines is 1. The van der Waals surface area contributed by atoms with E-state index in [9.17, 15) is 19.2 Å². The molecule has 0 unspecified atom stereocenters. The van der Waals surface area contributed by atoms with E-state index in [1.165, 1.54) is 14.2 Å². The third-order valence-electron chi connectivity index (χ3n) is 12.4. The molecular formula is C45H51N7O6. The molecule has 2 bridgehead atoms. The van der Waals surface area contributed by atoms with Gasteiger partial charge in [0.15, 0.2) is 0 Å². The normalized spacial score (nSPS) is 22.2. The van der Waals surface area contributed by atoms with Crippen LogP contribution in [0.3, 0.4) is 0 Å². The van der Waals surface area contributed by atoms with E-state index in [-0.39, 0.29) is 35.9 Å². The highest BCUT2D eigenvalue weighted by molar-refractivity contribution is 6.04. The fourth-order valence-corrected chi connectivity index (χ4v) is 9.38. The molecule has 1 aliphatic carbocycles. The minimum Gasteiger partial charge on any atom is -0.453 e. The van der Waals surface area contributed by atoms with Gasteiger partial charge >= 0.3 is 12.2 Å². The van der Waals surface area contributed by atoms with E-state index in [1.807, 2.05) is 36.0 Å². The number of nitrogens with one attached hydrogen (secondary N) is 3. The number of aliphatic imine (C=N–C) groups is 1. The number of fused-ring (bicyclic) bond motifs is 3. The van der Waals surface area contributed by atoms with Gasteiger partial charge in [0, 0.05) is 36.5 Å². The number of imidazole rings is 1. The van der Waals surface area contributed by atoms with Gasteiger partial charge in [-0.1, -0.05) is 62.4 Å². The SMILES string of the molecule is COC(=O)N[C@@H](C)C(=O)N1[C@@H]2CC[C@@H](C2)[C@H]1C1=NC=C(c2ccc(-c3ccc4cc(-c5cnc([C@@H]6CCCN6C(=O)[C@@H](NC(=O)OC)C(C)C)[nH]5)ccc4c3)cc2)C1. The molecule has 1 saturated carbocycles. The second-order valence-corrected chi connectivity index (χ2v) is 16.3. The molecule has 3 fully saturated rings. The lowest BCUT2D eigenvalue weighted by Crippen LogP contribution is -2.55. The van der Waals surface area contributed by atoms with Gasteiger partial charge in [0.05, 0.1) is 38.2 Å². The molecule has 3 aromatic carbocycles. The monoisotopic (exact) mass is 785 g/mol. The smallest absolute Gasteiger partial charge is 0.407 e. The number of allylic oxidation sites excluding steroid dienone is 1. The van der Waals surface area contributed by atoms with Crippen LogP contribution >= 0.6 is 0 Å². The minimum absolute atomic E-state index is 0.0521. The summed E-state index contributed by atoms with van der Waals surface area (Å²) in [6, 6.07) is 20.0. The number of amides is 4. The molecule has 302 valence electrons. The number of piperidine rings is 1. The number of methoxy groups -OCH3 is 2. The third-order valence-corrected chi connectivity index (χ3v) is 12.4. The Labute approximate surface area is 338 Å². The summed E-state index contributed by atoms with van der Waals surface area (Å²) in [5.41, 5.74) is 7.37. The number of aromatic nitrogens is 2. The first-order valence-electron chi connectivity index (χ1n) is 20.3. The maximum Gasteiger partial charge on any atom is 0.407 e. The van der Waals surface area contributed by atoms with Crippen molar-refractivity contribution in [3.8, 4) is 22.4 Å². The molecular weight excluding hydrogens is 735 g/mol. The average molecular weight is 786 g/mol. The average Bonchev–Trinajstić information content (AvgIpc) is 4.10. The van der Waals surface area contributed by atoms with Crippen molar-refractivity contribution in [1.82, 2.24) is 30.4 Å². The molecule has 0 radical (unpaired) electrons. The number of rotatable bonds is 10. The summed E-state index contributed by atoms with van der Waals surface area (Å²) in [5, 5.41) is 7.57. The number of alkyl carbamates (subject to hydrolysis) is 2. The molecule has 4 amide bonds. The van der Waals surface area contributed by atoms with Gasteiger partial charge in [0.2, 0.25) is 11.8 Å². The Bertz CT molecular complexity index is 2300. The Balaban J connectivity index is 0.921. The summed E-state index contributed by atoms with van der Waals surface area (Å²) >= 11 is 0. The molecule has 0 spiro atoms. The van der Waals surface area contributed by atoms with Crippen molar-refractivity contribution in [2.24, 2.45) is 16.8 Å². The fourth-order valence-electron chi connectivity index (χ4n) is 9.38. The lowest BCUT2D eigenvalue weighted by atomic mass is 9.90. The van der Waals surface area contributed by atoms with Crippen LogP contribution in [0.4, 0.5) is 9.59 Å². The van der Waals surface area contributed by atoms with Gasteiger partial charge in [0.1, 0.15) is 17.9 Å². The van der Waals surface area contributed by atoms with E-state index in [0.29, 0.717) is 18.9 Å². The maximum atomic E-state index is 13.6. The van der Waals surface area contributed by atoms with Crippen LogP contribution in [0.2, 0.25) is 0 Å². The molecule has 2 saturated heterocycles. The zero-order chi connectivity index (χ0) is 40.7. The van der Waals surface area contributed by atoms with Crippen LogP contribution in [0.1, 0.15) is 76.7 Å². The first-order chi connectivity index (χ1) is 28.0. The number of H-pyrrole nitrogens is 1. The fraction of sp³-hybridized carbons (Fsp3) is 0.422. The number of benzene rings is 3. The minimum atomic E-state index is -0.684. The maximum absolute atomic E-state index is 13.6. The molecule has 13 nitrogen and oxygen atoms in total. The van der Waals surface area contributed by atoms with Gasteiger partial charge in [-0.25, -0.2) is 14.6 Å². The van der Waals surface area contributed by atoms with E-state index >= 15 is 0 Å². The van der Waals surface area contributed by atoms with E-state index in [0.717, 1.165) is 87.9 Å². The van der Waals surface area contributed by atoms with E-state index in [2.05, 4.69) is 76.3 Å². The highest BCUT2D eigenvalue weighted by Gasteiger charge is 2.51. The first-order valence-corrected chi connectivity index (χ1v) is 20.3. The van der Waals surface area contributed by atoms with Crippen molar-refractivity contribution in [3.05, 3.63) is 84.4 Å². The Morgan fingerprint density at radius 3 is 2.21 bits per heavy atom. The number of hydrogen-bond acceptors (Lipinski definition) is 8. The largest absolute Gasteiger partial charge is 0.453 e. The van der Waals surface area contributed by atoms with Gasteiger partial charge in [-0.15, -0.1) is 0 Å². The van der Waals surface area contributed by atoms with Crippen molar-refractivity contribution in [1.29, 1.82) is 0 Å². The van der Waals surface area contributed by atoms with Crippen LogP contribution in [-0.4, -0.2) is 94.4 Å². The van der Waals surface area contributed by atoms with Gasteiger partial charge in [-0.05, 0) is 96.0 Å². The molecule has 3 N–H and O–H groups in total. The van der Waals surface area contributed by atoms with E-state index in [1.54, 1.807) is 6.92 Å². The predicted molar refractivity (Wildman–Crippen MR) is 222 cm³/mol. The Hall–Kier alpha value is -5.98. The summed E-state index contributed by atoms with van der Waals surface area (Å²) in [6.45, 7) is 6.13. The summed E-state index contributed by atoms with van der Waals surface area (Å²) < 4.78 is 9.50. The van der Waals surface area contributed by atoms with Crippen molar-refractivity contribution in [2.45, 2.75) is 89.5 Å². The first kappa shape index (κ1) is 38.9. The zero-order valence-electron chi connectivity index (χ0n) is 33.7. The van der Waals surface area contributed by atoms with Crippen LogP contribution in [0, 0.1) is 11.8 Å². The Morgan fingerprint density at radius 2 is 1.48 bits per heavy atom. The molecule has 4 heterocycles. The molecule has 4 aromatic rings. The quantitative estimate of drug-likeness (QED) is 0.153. The lowest BCUT2D eigenvalue weighted by Gasteiger charge is -2.37. The van der Waals surface area contributed by atoms with Gasteiger partial charge in [0.25, 0.3) is 0 Å². The predicted octanol–water partition coefficient (Wildman–Crippen LogP) is 7.25. The highest BCUT2D eigenvalue weighted by atomic mass is 16.5. The third kappa shape index (κ3) is 7.45. The van der Waals surface area contributed by atoms with Crippen molar-refractivity contribution < 1.29 is 28.7 Å². The molecule has 58 heavy (non-hydrogen) atoms. The van der Waals surface area contributed by atoms with Crippen LogP contribution < -0.4 is 10.6 Å². The summed E-state index contributed by atoms with van der Waals surface area (Å²) in [5.74, 6) is 0.801. The van der Waals surface area contributed by atoms with E-state index < -0.39 is 24.3 Å². The Kier molecular flexibility index (Phi) is 10.8. The van der Waals surface area contributed by atoms with Crippen LogP contribution in [0.5, 0.6) is 0 Å². The number of carbonyl (C=O) groups is 4. The summed E-state index contributed by atoms with van der Waals surface area (Å²) in [4.78, 5) is 67.8. The molecule has 3 aliphatic heterocycles. The second-order valence-electron chi connectivity index (χ2n) is 16.3. The van der Waals surface area contributed by atoms with Crippen LogP contribution in [0.25, 0.3) is 38.7 Å². The summed E-state index contributed by atoms with van der Waals surface area (Å²) in [6.07, 6.45) is 7.92.